The Hall–Kier alpha value is -2.74. The maximum absolute atomic E-state index is 11.4. The first kappa shape index (κ1) is 16.1. The quantitative estimate of drug-likeness (QED) is 0.381. The standard InChI is InChI=1S/C16H13BrN4O3/c1-21-15(19-16(22)24-21)14(11-6-3-2-4-7-11)20-23-10-12-8-5-9-13(17)18-12/h2-9H,10H2,1H3. The minimum Gasteiger partial charge on any atom is -0.389 e. The van der Waals surface area contributed by atoms with Gasteiger partial charge < -0.3 is 9.36 Å². The number of hydrogen-bond donors (Lipinski definition) is 0. The number of aryl methyl sites for hydroxylation is 1. The van der Waals surface area contributed by atoms with Crippen molar-refractivity contribution >= 4 is 21.6 Å². The molecule has 0 N–H and O–H groups in total. The van der Waals surface area contributed by atoms with Crippen LogP contribution in [0.5, 0.6) is 0 Å². The third kappa shape index (κ3) is 3.77. The molecule has 3 aromatic rings. The molecule has 0 atom stereocenters. The van der Waals surface area contributed by atoms with Crippen LogP contribution in [-0.4, -0.2) is 20.4 Å². The van der Waals surface area contributed by atoms with Crippen LogP contribution in [0.3, 0.4) is 0 Å². The van der Waals surface area contributed by atoms with Crippen molar-refractivity contribution in [2.45, 2.75) is 6.61 Å². The van der Waals surface area contributed by atoms with E-state index >= 15 is 0 Å². The van der Waals surface area contributed by atoms with Crippen molar-refractivity contribution in [1.29, 1.82) is 0 Å². The predicted molar refractivity (Wildman–Crippen MR) is 90.6 cm³/mol. The molecule has 0 unspecified atom stereocenters. The Bertz CT molecular complexity index is 918. The van der Waals surface area contributed by atoms with Gasteiger partial charge in [-0.05, 0) is 28.1 Å². The zero-order chi connectivity index (χ0) is 16.9. The number of aromatic nitrogens is 3. The van der Waals surface area contributed by atoms with Crippen LogP contribution >= 0.6 is 15.9 Å². The van der Waals surface area contributed by atoms with Crippen molar-refractivity contribution < 1.29 is 9.36 Å². The summed E-state index contributed by atoms with van der Waals surface area (Å²) in [6.45, 7) is 0.182. The number of halogens is 1. The maximum atomic E-state index is 11.4. The first-order valence-corrected chi connectivity index (χ1v) is 7.84. The highest BCUT2D eigenvalue weighted by molar-refractivity contribution is 9.10. The fourth-order valence-corrected chi connectivity index (χ4v) is 2.43. The molecule has 0 spiro atoms. The molecule has 0 aliphatic heterocycles. The van der Waals surface area contributed by atoms with Gasteiger partial charge in [0.15, 0.2) is 18.1 Å². The molecule has 0 fully saturated rings. The van der Waals surface area contributed by atoms with Crippen molar-refractivity contribution in [1.82, 2.24) is 14.7 Å². The third-order valence-electron chi connectivity index (χ3n) is 3.11. The van der Waals surface area contributed by atoms with Crippen LogP contribution in [0.1, 0.15) is 17.1 Å². The molecule has 0 saturated heterocycles. The molecule has 0 bridgehead atoms. The summed E-state index contributed by atoms with van der Waals surface area (Å²) < 4.78 is 6.87. The first-order valence-electron chi connectivity index (χ1n) is 7.05. The number of nitrogens with zero attached hydrogens (tertiary/aromatic N) is 4. The summed E-state index contributed by atoms with van der Waals surface area (Å²) in [5.74, 6) is -0.404. The highest BCUT2D eigenvalue weighted by atomic mass is 79.9. The summed E-state index contributed by atoms with van der Waals surface area (Å²) >= 11 is 3.31. The molecule has 0 aliphatic rings. The molecule has 0 aliphatic carbocycles. The van der Waals surface area contributed by atoms with Crippen molar-refractivity contribution in [3.8, 4) is 0 Å². The van der Waals surface area contributed by atoms with Gasteiger partial charge in [0.2, 0.25) is 0 Å². The average molecular weight is 389 g/mol. The van der Waals surface area contributed by atoms with Gasteiger partial charge in [-0.25, -0.2) is 9.78 Å². The molecule has 3 rings (SSSR count). The Labute approximate surface area is 145 Å². The number of benzene rings is 1. The highest BCUT2D eigenvalue weighted by Gasteiger charge is 2.16. The van der Waals surface area contributed by atoms with Crippen molar-refractivity contribution in [3.63, 3.8) is 0 Å². The van der Waals surface area contributed by atoms with Gasteiger partial charge in [-0.15, -0.1) is 0 Å². The topological polar surface area (TPSA) is 82.5 Å². The highest BCUT2D eigenvalue weighted by Crippen LogP contribution is 2.10. The van der Waals surface area contributed by atoms with Crippen LogP contribution < -0.4 is 5.76 Å². The van der Waals surface area contributed by atoms with Gasteiger partial charge in [-0.3, -0.25) is 0 Å². The lowest BCUT2D eigenvalue weighted by Gasteiger charge is -2.06. The van der Waals surface area contributed by atoms with Crippen molar-refractivity contribution in [3.05, 3.63) is 80.8 Å². The van der Waals surface area contributed by atoms with E-state index in [-0.39, 0.29) is 12.4 Å². The van der Waals surface area contributed by atoms with Crippen LogP contribution in [0.4, 0.5) is 0 Å². The number of oxime groups is 1. The van der Waals surface area contributed by atoms with Gasteiger partial charge >= 0.3 is 5.76 Å². The Morgan fingerprint density at radius 3 is 2.67 bits per heavy atom. The van der Waals surface area contributed by atoms with Crippen LogP contribution in [-0.2, 0) is 18.5 Å². The Morgan fingerprint density at radius 1 is 1.21 bits per heavy atom. The first-order chi connectivity index (χ1) is 11.6. The van der Waals surface area contributed by atoms with Gasteiger partial charge in [-0.2, -0.15) is 9.72 Å². The SMILES string of the molecule is Cn1oc(=O)nc1C(=NOCc1cccc(Br)n1)c1ccccc1. The molecule has 24 heavy (non-hydrogen) atoms. The normalized spacial score (nSPS) is 11.5. The van der Waals surface area contributed by atoms with Gasteiger partial charge in [0.1, 0.15) is 4.60 Å². The fraction of sp³-hybridized carbons (Fsp3) is 0.125. The van der Waals surface area contributed by atoms with Crippen LogP contribution in [0.15, 0.2) is 67.6 Å². The van der Waals surface area contributed by atoms with E-state index in [2.05, 4.69) is 31.1 Å². The molecule has 122 valence electrons. The van der Waals surface area contributed by atoms with E-state index in [1.54, 1.807) is 7.05 Å². The van der Waals surface area contributed by atoms with E-state index < -0.39 is 5.76 Å². The average Bonchev–Trinajstić information content (AvgIpc) is 2.91. The number of hydrogen-bond acceptors (Lipinski definition) is 6. The molecule has 8 heteroatoms. The summed E-state index contributed by atoms with van der Waals surface area (Å²) in [5.41, 5.74) is 1.87. The minimum atomic E-state index is -0.690. The van der Waals surface area contributed by atoms with Crippen LogP contribution in [0.25, 0.3) is 0 Å². The summed E-state index contributed by atoms with van der Waals surface area (Å²) in [6.07, 6.45) is 0. The van der Waals surface area contributed by atoms with Crippen LogP contribution in [0, 0.1) is 0 Å². The van der Waals surface area contributed by atoms with Gasteiger partial charge in [0, 0.05) is 12.6 Å². The molecule has 0 saturated carbocycles. The fourth-order valence-electron chi connectivity index (χ4n) is 2.05. The molecule has 1 aromatic carbocycles. The Kier molecular flexibility index (Phi) is 4.85. The molecular formula is C16H13BrN4O3. The molecule has 0 radical (unpaired) electrons. The second-order valence-electron chi connectivity index (χ2n) is 4.82. The van der Waals surface area contributed by atoms with E-state index in [4.69, 9.17) is 9.36 Å². The van der Waals surface area contributed by atoms with E-state index in [0.29, 0.717) is 5.71 Å². The van der Waals surface area contributed by atoms with Crippen molar-refractivity contribution in [2.24, 2.45) is 12.2 Å². The molecule has 2 aromatic heterocycles. The Balaban J connectivity index is 1.90. The molecule has 2 heterocycles. The van der Waals surface area contributed by atoms with Crippen molar-refractivity contribution in [2.75, 3.05) is 0 Å². The van der Waals surface area contributed by atoms with Gasteiger partial charge in [0.25, 0.3) is 0 Å². The van der Waals surface area contributed by atoms with E-state index in [1.807, 2.05) is 48.5 Å². The summed E-state index contributed by atoms with van der Waals surface area (Å²) in [6, 6.07) is 14.8. The van der Waals surface area contributed by atoms with E-state index in [1.165, 1.54) is 4.74 Å². The van der Waals surface area contributed by atoms with Gasteiger partial charge in [-0.1, -0.05) is 41.6 Å². The zero-order valence-electron chi connectivity index (χ0n) is 12.7. The zero-order valence-corrected chi connectivity index (χ0v) is 14.3. The number of rotatable bonds is 5. The summed E-state index contributed by atoms with van der Waals surface area (Å²) in [5, 5.41) is 4.14. The maximum Gasteiger partial charge on any atom is 0.460 e. The van der Waals surface area contributed by atoms with E-state index in [9.17, 15) is 4.79 Å². The second kappa shape index (κ2) is 7.22. The third-order valence-corrected chi connectivity index (χ3v) is 3.55. The lowest BCUT2D eigenvalue weighted by atomic mass is 10.1. The monoisotopic (exact) mass is 388 g/mol. The largest absolute Gasteiger partial charge is 0.460 e. The minimum absolute atomic E-state index is 0.182. The lowest BCUT2D eigenvalue weighted by Crippen LogP contribution is -2.12. The summed E-state index contributed by atoms with van der Waals surface area (Å²) in [4.78, 5) is 24.9. The Morgan fingerprint density at radius 2 is 2.00 bits per heavy atom. The number of pyridine rings is 1. The second-order valence-corrected chi connectivity index (χ2v) is 5.63. The molecule has 7 nitrogen and oxygen atoms in total. The molecular weight excluding hydrogens is 376 g/mol. The molecule has 0 amide bonds. The van der Waals surface area contributed by atoms with Gasteiger partial charge in [0.05, 0.1) is 5.69 Å². The lowest BCUT2D eigenvalue weighted by molar-refractivity contribution is 0.127. The van der Waals surface area contributed by atoms with E-state index in [0.717, 1.165) is 15.9 Å². The summed E-state index contributed by atoms with van der Waals surface area (Å²) in [7, 11) is 1.58. The van der Waals surface area contributed by atoms with Crippen LogP contribution in [0.2, 0.25) is 0 Å². The smallest absolute Gasteiger partial charge is 0.389 e. The predicted octanol–water partition coefficient (Wildman–Crippen LogP) is 2.50.